The lowest BCUT2D eigenvalue weighted by molar-refractivity contribution is -0.131. The molecule has 1 aliphatic heterocycles. The van der Waals surface area contributed by atoms with Crippen LogP contribution in [-0.4, -0.2) is 53.0 Å². The minimum absolute atomic E-state index is 0.283. The van der Waals surface area contributed by atoms with E-state index in [-0.39, 0.29) is 5.91 Å². The van der Waals surface area contributed by atoms with Crippen LogP contribution in [0.2, 0.25) is 0 Å². The van der Waals surface area contributed by atoms with Gasteiger partial charge in [0.05, 0.1) is 5.56 Å². The van der Waals surface area contributed by atoms with Crippen LogP contribution < -0.4 is 0 Å². The summed E-state index contributed by atoms with van der Waals surface area (Å²) < 4.78 is 0. The van der Waals surface area contributed by atoms with E-state index in [9.17, 15) is 9.59 Å². The van der Waals surface area contributed by atoms with E-state index in [1.165, 1.54) is 0 Å². The van der Waals surface area contributed by atoms with Crippen molar-refractivity contribution < 1.29 is 14.7 Å². The van der Waals surface area contributed by atoms with Crippen LogP contribution in [0.15, 0.2) is 24.3 Å². The standard InChI is InChI=1S/C20H30N2O3/c1-3-22(4-2)19(23)10-7-16-11-13-21(14-12-16)15-17-5-8-18(9-6-17)20(24)25/h5-6,8-9,16H,3-4,7,10-15H2,1-2H3,(H,24,25). The predicted molar refractivity (Wildman–Crippen MR) is 98.6 cm³/mol. The molecule has 1 saturated heterocycles. The zero-order valence-corrected chi connectivity index (χ0v) is 15.4. The Kier molecular flexibility index (Phi) is 7.44. The van der Waals surface area contributed by atoms with Gasteiger partial charge in [0, 0.05) is 26.1 Å². The average molecular weight is 346 g/mol. The highest BCUT2D eigenvalue weighted by Gasteiger charge is 2.21. The number of benzene rings is 1. The number of carbonyl (C=O) groups is 2. The fourth-order valence-corrected chi connectivity index (χ4v) is 3.51. The van der Waals surface area contributed by atoms with Gasteiger partial charge in [-0.25, -0.2) is 4.79 Å². The summed E-state index contributed by atoms with van der Waals surface area (Å²) in [6.45, 7) is 8.62. The maximum absolute atomic E-state index is 12.1. The van der Waals surface area contributed by atoms with E-state index in [0.29, 0.717) is 17.9 Å². The second kappa shape index (κ2) is 9.56. The largest absolute Gasteiger partial charge is 0.478 e. The van der Waals surface area contributed by atoms with E-state index >= 15 is 0 Å². The molecule has 25 heavy (non-hydrogen) atoms. The summed E-state index contributed by atoms with van der Waals surface area (Å²) >= 11 is 0. The molecule has 0 unspecified atom stereocenters. The van der Waals surface area contributed by atoms with E-state index in [1.807, 2.05) is 30.9 Å². The Morgan fingerprint density at radius 3 is 2.24 bits per heavy atom. The van der Waals surface area contributed by atoms with Crippen LogP contribution in [0.25, 0.3) is 0 Å². The summed E-state index contributed by atoms with van der Waals surface area (Å²) in [6, 6.07) is 7.14. The maximum Gasteiger partial charge on any atom is 0.335 e. The maximum atomic E-state index is 12.1. The Morgan fingerprint density at radius 2 is 1.72 bits per heavy atom. The van der Waals surface area contributed by atoms with Crippen LogP contribution in [-0.2, 0) is 11.3 Å². The molecule has 5 nitrogen and oxygen atoms in total. The van der Waals surface area contributed by atoms with Crippen LogP contribution in [0.4, 0.5) is 0 Å². The molecule has 138 valence electrons. The van der Waals surface area contributed by atoms with E-state index in [1.54, 1.807) is 12.1 Å². The van der Waals surface area contributed by atoms with E-state index < -0.39 is 5.97 Å². The molecule has 0 atom stereocenters. The normalized spacial score (nSPS) is 15.9. The molecule has 0 bridgehead atoms. The van der Waals surface area contributed by atoms with Gasteiger partial charge < -0.3 is 10.0 Å². The van der Waals surface area contributed by atoms with Crippen molar-refractivity contribution in [1.82, 2.24) is 9.80 Å². The Labute approximate surface area is 150 Å². The van der Waals surface area contributed by atoms with Crippen molar-refractivity contribution in [2.75, 3.05) is 26.2 Å². The Morgan fingerprint density at radius 1 is 1.12 bits per heavy atom. The van der Waals surface area contributed by atoms with Crippen molar-refractivity contribution in [3.63, 3.8) is 0 Å². The number of rotatable bonds is 8. The molecule has 0 spiro atoms. The van der Waals surface area contributed by atoms with Gasteiger partial charge in [-0.1, -0.05) is 12.1 Å². The molecule has 0 aliphatic carbocycles. The highest BCUT2D eigenvalue weighted by molar-refractivity contribution is 5.87. The van der Waals surface area contributed by atoms with Crippen molar-refractivity contribution >= 4 is 11.9 Å². The van der Waals surface area contributed by atoms with Crippen molar-refractivity contribution in [3.05, 3.63) is 35.4 Å². The molecular weight excluding hydrogens is 316 g/mol. The van der Waals surface area contributed by atoms with E-state index in [2.05, 4.69) is 4.90 Å². The summed E-state index contributed by atoms with van der Waals surface area (Å²) in [5.74, 6) is 0.0442. The molecule has 5 heteroatoms. The van der Waals surface area contributed by atoms with Gasteiger partial charge in [0.15, 0.2) is 0 Å². The van der Waals surface area contributed by atoms with Gasteiger partial charge in [0.1, 0.15) is 0 Å². The first kappa shape index (κ1) is 19.4. The molecule has 1 aromatic carbocycles. The predicted octanol–water partition coefficient (Wildman–Crippen LogP) is 3.25. The lowest BCUT2D eigenvalue weighted by Crippen LogP contribution is -2.34. The van der Waals surface area contributed by atoms with Gasteiger partial charge >= 0.3 is 5.97 Å². The number of piperidine rings is 1. The molecule has 0 saturated carbocycles. The highest BCUT2D eigenvalue weighted by Crippen LogP contribution is 2.23. The Hall–Kier alpha value is -1.88. The first-order valence-corrected chi connectivity index (χ1v) is 9.35. The second-order valence-electron chi connectivity index (χ2n) is 6.83. The van der Waals surface area contributed by atoms with Crippen molar-refractivity contribution in [2.45, 2.75) is 46.1 Å². The van der Waals surface area contributed by atoms with E-state index in [0.717, 1.165) is 57.5 Å². The third kappa shape index (κ3) is 5.85. The van der Waals surface area contributed by atoms with Crippen molar-refractivity contribution in [3.8, 4) is 0 Å². The molecule has 2 rings (SSSR count). The molecule has 1 fully saturated rings. The quantitative estimate of drug-likeness (QED) is 0.785. The van der Waals surface area contributed by atoms with Crippen LogP contribution in [0.3, 0.4) is 0 Å². The molecule has 1 aliphatic rings. The van der Waals surface area contributed by atoms with Gasteiger partial charge in [-0.05, 0) is 69.8 Å². The number of aromatic carboxylic acids is 1. The van der Waals surface area contributed by atoms with Gasteiger partial charge in [0.25, 0.3) is 0 Å². The minimum Gasteiger partial charge on any atom is -0.478 e. The number of carbonyl (C=O) groups excluding carboxylic acids is 1. The van der Waals surface area contributed by atoms with Gasteiger partial charge in [-0.3, -0.25) is 9.69 Å². The van der Waals surface area contributed by atoms with Crippen LogP contribution in [0.5, 0.6) is 0 Å². The first-order chi connectivity index (χ1) is 12.0. The summed E-state index contributed by atoms with van der Waals surface area (Å²) in [5, 5.41) is 8.94. The minimum atomic E-state index is -0.883. The number of amides is 1. The number of hydrogen-bond donors (Lipinski definition) is 1. The highest BCUT2D eigenvalue weighted by atomic mass is 16.4. The number of likely N-dealkylation sites (tertiary alicyclic amines) is 1. The first-order valence-electron chi connectivity index (χ1n) is 9.35. The topological polar surface area (TPSA) is 60.9 Å². The molecule has 1 N–H and O–H groups in total. The third-order valence-electron chi connectivity index (χ3n) is 5.20. The average Bonchev–Trinajstić information content (AvgIpc) is 2.62. The molecule has 0 aromatic heterocycles. The molecular formula is C20H30N2O3. The monoisotopic (exact) mass is 346 g/mol. The molecule has 0 radical (unpaired) electrons. The Balaban J connectivity index is 1.72. The summed E-state index contributed by atoms with van der Waals surface area (Å²) in [6.07, 6.45) is 3.94. The van der Waals surface area contributed by atoms with E-state index in [4.69, 9.17) is 5.11 Å². The second-order valence-corrected chi connectivity index (χ2v) is 6.83. The smallest absolute Gasteiger partial charge is 0.335 e. The zero-order valence-electron chi connectivity index (χ0n) is 15.4. The molecule has 1 amide bonds. The summed E-state index contributed by atoms with van der Waals surface area (Å²) in [4.78, 5) is 27.3. The zero-order chi connectivity index (χ0) is 18.2. The van der Waals surface area contributed by atoms with Crippen molar-refractivity contribution in [1.29, 1.82) is 0 Å². The molecule has 1 aromatic rings. The number of carboxylic acids is 1. The van der Waals surface area contributed by atoms with Gasteiger partial charge in [0.2, 0.25) is 5.91 Å². The van der Waals surface area contributed by atoms with Crippen LogP contribution in [0.1, 0.15) is 55.5 Å². The number of hydrogen-bond acceptors (Lipinski definition) is 3. The van der Waals surface area contributed by atoms with Gasteiger partial charge in [-0.15, -0.1) is 0 Å². The number of nitrogens with zero attached hydrogens (tertiary/aromatic N) is 2. The fourth-order valence-electron chi connectivity index (χ4n) is 3.51. The van der Waals surface area contributed by atoms with Crippen LogP contribution >= 0.6 is 0 Å². The summed E-state index contributed by atoms with van der Waals surface area (Å²) in [5.41, 5.74) is 1.49. The third-order valence-corrected chi connectivity index (χ3v) is 5.20. The van der Waals surface area contributed by atoms with Crippen LogP contribution in [0, 0.1) is 5.92 Å². The van der Waals surface area contributed by atoms with Crippen molar-refractivity contribution in [2.24, 2.45) is 5.92 Å². The lowest BCUT2D eigenvalue weighted by atomic mass is 9.91. The SMILES string of the molecule is CCN(CC)C(=O)CCC1CCN(Cc2ccc(C(=O)O)cc2)CC1. The Bertz CT molecular complexity index is 559. The molecule has 1 heterocycles. The van der Waals surface area contributed by atoms with Gasteiger partial charge in [-0.2, -0.15) is 0 Å². The number of carboxylic acid groups (broad SMARTS) is 1. The fraction of sp³-hybridized carbons (Fsp3) is 0.600. The summed E-state index contributed by atoms with van der Waals surface area (Å²) in [7, 11) is 0. The lowest BCUT2D eigenvalue weighted by Gasteiger charge is -2.32.